The number of carboxylic acids is 1. The Balaban J connectivity index is 2.18. The van der Waals surface area contributed by atoms with Crippen molar-refractivity contribution in [2.24, 2.45) is 5.92 Å². The predicted octanol–water partition coefficient (Wildman–Crippen LogP) is 0.455. The first-order chi connectivity index (χ1) is 9.52. The van der Waals surface area contributed by atoms with E-state index in [9.17, 15) is 14.4 Å². The molecule has 7 heteroatoms. The van der Waals surface area contributed by atoms with Crippen LogP contribution in [0.4, 0.5) is 4.79 Å². The Labute approximate surface area is 118 Å². The lowest BCUT2D eigenvalue weighted by atomic mass is 10.1. The van der Waals surface area contributed by atoms with Gasteiger partial charge in [-0.3, -0.25) is 9.59 Å². The molecule has 1 atom stereocenters. The molecular formula is C13H23N3O4. The second-order valence-corrected chi connectivity index (χ2v) is 5.04. The van der Waals surface area contributed by atoms with Gasteiger partial charge >= 0.3 is 12.0 Å². The number of aliphatic carboxylic acids is 1. The highest BCUT2D eigenvalue weighted by atomic mass is 16.4. The Kier molecular flexibility index (Phi) is 6.83. The zero-order chi connectivity index (χ0) is 15.0. The van der Waals surface area contributed by atoms with Crippen molar-refractivity contribution in [3.63, 3.8) is 0 Å². The highest BCUT2D eigenvalue weighted by Gasteiger charge is 2.33. The Morgan fingerprint density at radius 3 is 2.45 bits per heavy atom. The Bertz CT molecular complexity index is 356. The number of urea groups is 1. The van der Waals surface area contributed by atoms with E-state index in [0.717, 1.165) is 19.3 Å². The van der Waals surface area contributed by atoms with Crippen LogP contribution in [0.3, 0.4) is 0 Å². The summed E-state index contributed by atoms with van der Waals surface area (Å²) >= 11 is 0. The van der Waals surface area contributed by atoms with Crippen molar-refractivity contribution in [3.05, 3.63) is 0 Å². The number of hydrogen-bond acceptors (Lipinski definition) is 3. The molecule has 1 aliphatic rings. The third-order valence-electron chi connectivity index (χ3n) is 3.11. The van der Waals surface area contributed by atoms with Gasteiger partial charge in [-0.05, 0) is 25.2 Å². The first-order valence-electron chi connectivity index (χ1n) is 7.05. The molecule has 3 amide bonds. The summed E-state index contributed by atoms with van der Waals surface area (Å²) in [6.45, 7) is 2.84. The van der Waals surface area contributed by atoms with Crippen LogP contribution < -0.4 is 16.0 Å². The van der Waals surface area contributed by atoms with E-state index >= 15 is 0 Å². The Hall–Kier alpha value is -1.79. The molecule has 1 rings (SSSR count). The van der Waals surface area contributed by atoms with Gasteiger partial charge in [0.25, 0.3) is 0 Å². The first kappa shape index (κ1) is 16.3. The number of hydrogen-bond donors (Lipinski definition) is 4. The van der Waals surface area contributed by atoms with Crippen LogP contribution in [0.1, 0.15) is 39.0 Å². The van der Waals surface area contributed by atoms with Crippen molar-refractivity contribution in [3.8, 4) is 0 Å². The maximum Gasteiger partial charge on any atom is 0.315 e. The largest absolute Gasteiger partial charge is 0.481 e. The molecule has 1 aliphatic carbocycles. The number of carbonyl (C=O) groups is 3. The van der Waals surface area contributed by atoms with Crippen LogP contribution in [0.2, 0.25) is 0 Å². The lowest BCUT2D eigenvalue weighted by Crippen LogP contribution is -2.45. The fraction of sp³-hybridized carbons (Fsp3) is 0.769. The molecule has 1 unspecified atom stereocenters. The number of carbonyl (C=O) groups excluding carboxylic acids is 2. The molecule has 0 spiro atoms. The van der Waals surface area contributed by atoms with Gasteiger partial charge in [0.1, 0.15) is 0 Å². The molecule has 114 valence electrons. The van der Waals surface area contributed by atoms with Crippen LogP contribution >= 0.6 is 0 Å². The number of nitrogens with one attached hydrogen (secondary N) is 3. The minimum Gasteiger partial charge on any atom is -0.481 e. The zero-order valence-electron chi connectivity index (χ0n) is 11.8. The molecule has 0 aromatic carbocycles. The second kappa shape index (κ2) is 8.39. The van der Waals surface area contributed by atoms with Crippen molar-refractivity contribution in [1.29, 1.82) is 0 Å². The molecule has 0 aromatic rings. The molecule has 0 radical (unpaired) electrons. The van der Waals surface area contributed by atoms with Crippen LogP contribution in [-0.2, 0) is 9.59 Å². The molecule has 20 heavy (non-hydrogen) atoms. The molecule has 1 fully saturated rings. The van der Waals surface area contributed by atoms with Crippen LogP contribution in [0, 0.1) is 5.92 Å². The predicted molar refractivity (Wildman–Crippen MR) is 73.2 cm³/mol. The quantitative estimate of drug-likeness (QED) is 0.493. The van der Waals surface area contributed by atoms with Crippen LogP contribution in [0.5, 0.6) is 0 Å². The van der Waals surface area contributed by atoms with Gasteiger partial charge in [0.05, 0.1) is 6.42 Å². The number of carboxylic acid groups (broad SMARTS) is 1. The fourth-order valence-electron chi connectivity index (χ4n) is 1.88. The maximum absolute atomic E-state index is 11.6. The molecule has 0 heterocycles. The van der Waals surface area contributed by atoms with Gasteiger partial charge in [0.2, 0.25) is 5.91 Å². The summed E-state index contributed by atoms with van der Waals surface area (Å²) in [4.78, 5) is 33.6. The van der Waals surface area contributed by atoms with Gasteiger partial charge in [0.15, 0.2) is 0 Å². The van der Waals surface area contributed by atoms with Crippen LogP contribution in [0.15, 0.2) is 0 Å². The zero-order valence-corrected chi connectivity index (χ0v) is 11.8. The highest BCUT2D eigenvalue weighted by Crippen LogP contribution is 2.33. The third-order valence-corrected chi connectivity index (χ3v) is 3.11. The average Bonchev–Trinajstić information content (AvgIpc) is 3.19. The van der Waals surface area contributed by atoms with E-state index in [1.807, 2.05) is 6.92 Å². The van der Waals surface area contributed by atoms with Gasteiger partial charge in [-0.25, -0.2) is 4.79 Å². The summed E-state index contributed by atoms with van der Waals surface area (Å²) in [5, 5.41) is 16.7. The summed E-state index contributed by atoms with van der Waals surface area (Å²) in [5.74, 6) is -0.748. The molecule has 4 N–H and O–H groups in total. The number of rotatable bonds is 9. The van der Waals surface area contributed by atoms with Crippen LogP contribution in [-0.4, -0.2) is 42.1 Å². The van der Waals surface area contributed by atoms with Crippen molar-refractivity contribution < 1.29 is 19.5 Å². The Morgan fingerprint density at radius 1 is 1.20 bits per heavy atom. The molecule has 0 aliphatic heterocycles. The van der Waals surface area contributed by atoms with E-state index < -0.39 is 12.0 Å². The fourth-order valence-corrected chi connectivity index (χ4v) is 1.88. The van der Waals surface area contributed by atoms with Gasteiger partial charge in [-0.15, -0.1) is 0 Å². The van der Waals surface area contributed by atoms with Gasteiger partial charge < -0.3 is 21.1 Å². The summed E-state index contributed by atoms with van der Waals surface area (Å²) in [6.07, 6.45) is 2.95. The second-order valence-electron chi connectivity index (χ2n) is 5.04. The molecular weight excluding hydrogens is 262 g/mol. The van der Waals surface area contributed by atoms with E-state index in [2.05, 4.69) is 16.0 Å². The Morgan fingerprint density at radius 2 is 1.90 bits per heavy atom. The molecule has 7 nitrogen and oxygen atoms in total. The summed E-state index contributed by atoms with van der Waals surface area (Å²) in [7, 11) is 0. The smallest absolute Gasteiger partial charge is 0.315 e. The first-order valence-corrected chi connectivity index (χ1v) is 7.05. The SMILES string of the molecule is CCCNC(=O)CCNC(=O)NC(CC(=O)O)C1CC1. The van der Waals surface area contributed by atoms with E-state index in [1.165, 1.54) is 0 Å². The van der Waals surface area contributed by atoms with Crippen LogP contribution in [0.25, 0.3) is 0 Å². The average molecular weight is 285 g/mol. The lowest BCUT2D eigenvalue weighted by Gasteiger charge is -2.16. The molecule has 0 saturated heterocycles. The van der Waals surface area contributed by atoms with Gasteiger partial charge in [-0.1, -0.05) is 6.92 Å². The van der Waals surface area contributed by atoms with Gasteiger partial charge in [0, 0.05) is 25.6 Å². The summed E-state index contributed by atoms with van der Waals surface area (Å²) in [6, 6.07) is -0.729. The van der Waals surface area contributed by atoms with Crippen molar-refractivity contribution in [2.75, 3.05) is 13.1 Å². The normalized spacial score (nSPS) is 15.2. The molecule has 0 aromatic heterocycles. The van der Waals surface area contributed by atoms with Crippen molar-refractivity contribution in [1.82, 2.24) is 16.0 Å². The third kappa shape index (κ3) is 6.96. The topological polar surface area (TPSA) is 108 Å². The highest BCUT2D eigenvalue weighted by molar-refractivity contribution is 5.78. The van der Waals surface area contributed by atoms with Gasteiger partial charge in [-0.2, -0.15) is 0 Å². The minimum absolute atomic E-state index is 0.0604. The van der Waals surface area contributed by atoms with E-state index in [1.54, 1.807) is 0 Å². The monoisotopic (exact) mass is 285 g/mol. The van der Waals surface area contributed by atoms with Crippen molar-refractivity contribution >= 4 is 17.9 Å². The van der Waals surface area contributed by atoms with E-state index in [0.29, 0.717) is 6.54 Å². The standard InChI is InChI=1S/C13H23N3O4/c1-2-6-14-11(17)5-7-15-13(20)16-10(8-12(18)19)9-3-4-9/h9-10H,2-8H2,1H3,(H,14,17)(H,18,19)(H2,15,16,20). The molecule has 0 bridgehead atoms. The minimum atomic E-state index is -0.916. The summed E-state index contributed by atoms with van der Waals surface area (Å²) < 4.78 is 0. The molecule has 1 saturated carbocycles. The van der Waals surface area contributed by atoms with E-state index in [4.69, 9.17) is 5.11 Å². The lowest BCUT2D eigenvalue weighted by molar-refractivity contribution is -0.137. The van der Waals surface area contributed by atoms with Crippen molar-refractivity contribution in [2.45, 2.75) is 45.1 Å². The summed E-state index contributed by atoms with van der Waals surface area (Å²) in [5.41, 5.74) is 0. The van der Waals surface area contributed by atoms with E-state index in [-0.39, 0.29) is 37.3 Å². The maximum atomic E-state index is 11.6. The number of amides is 3.